The van der Waals surface area contributed by atoms with Crippen molar-refractivity contribution < 1.29 is 13.9 Å². The van der Waals surface area contributed by atoms with Gasteiger partial charge in [-0.25, -0.2) is 4.39 Å². The lowest BCUT2D eigenvalue weighted by atomic mass is 10.2. The number of anilines is 1. The maximum atomic E-state index is 13.3. The second-order valence-corrected chi connectivity index (χ2v) is 8.24. The highest BCUT2D eigenvalue weighted by Gasteiger charge is 2.23. The van der Waals surface area contributed by atoms with E-state index in [1.54, 1.807) is 4.68 Å². The van der Waals surface area contributed by atoms with Gasteiger partial charge in [-0.3, -0.25) is 14.0 Å². The molecule has 2 aromatic heterocycles. The minimum Gasteiger partial charge on any atom is -0.376 e. The fraction of sp³-hybridized carbons (Fsp3) is 0.368. The average molecular weight is 451 g/mol. The summed E-state index contributed by atoms with van der Waals surface area (Å²) in [6.07, 6.45) is 3.92. The number of amides is 1. The number of aryl methyl sites for hydroxylation is 1. The lowest BCUT2D eigenvalue weighted by Crippen LogP contribution is -2.18. The van der Waals surface area contributed by atoms with Crippen LogP contribution < -0.4 is 5.32 Å². The van der Waals surface area contributed by atoms with Gasteiger partial charge in [-0.2, -0.15) is 5.10 Å². The van der Waals surface area contributed by atoms with Crippen LogP contribution >= 0.6 is 23.4 Å². The van der Waals surface area contributed by atoms with Crippen LogP contribution in [0.3, 0.4) is 0 Å². The van der Waals surface area contributed by atoms with Crippen molar-refractivity contribution in [3.05, 3.63) is 41.3 Å². The van der Waals surface area contributed by atoms with Crippen molar-refractivity contribution in [2.24, 2.45) is 7.05 Å². The molecule has 1 amide bonds. The zero-order valence-corrected chi connectivity index (χ0v) is 17.8. The van der Waals surface area contributed by atoms with Crippen LogP contribution in [0.5, 0.6) is 0 Å². The van der Waals surface area contributed by atoms with Crippen LogP contribution in [0, 0.1) is 5.82 Å². The first-order valence-electron chi connectivity index (χ1n) is 9.42. The number of halogens is 2. The van der Waals surface area contributed by atoms with E-state index in [1.807, 2.05) is 23.9 Å². The molecule has 8 nitrogen and oxygen atoms in total. The monoisotopic (exact) mass is 450 g/mol. The van der Waals surface area contributed by atoms with Crippen molar-refractivity contribution in [2.45, 2.75) is 30.6 Å². The second kappa shape index (κ2) is 9.15. The minimum atomic E-state index is -0.534. The molecule has 1 saturated heterocycles. The van der Waals surface area contributed by atoms with E-state index in [2.05, 4.69) is 20.6 Å². The largest absolute Gasteiger partial charge is 0.376 e. The van der Waals surface area contributed by atoms with Gasteiger partial charge < -0.3 is 10.1 Å². The van der Waals surface area contributed by atoms with Gasteiger partial charge >= 0.3 is 0 Å². The molecule has 11 heteroatoms. The van der Waals surface area contributed by atoms with Gasteiger partial charge in [0.2, 0.25) is 5.91 Å². The van der Waals surface area contributed by atoms with Gasteiger partial charge in [0, 0.05) is 25.5 Å². The summed E-state index contributed by atoms with van der Waals surface area (Å²) in [5.74, 6) is -0.0395. The Labute approximate surface area is 181 Å². The molecular formula is C19H20ClFN6O2S. The molecule has 0 aliphatic carbocycles. The van der Waals surface area contributed by atoms with Crippen molar-refractivity contribution in [3.8, 4) is 11.5 Å². The average Bonchev–Trinajstić information content (AvgIpc) is 3.45. The number of rotatable bonds is 7. The molecule has 1 N–H and O–H groups in total. The highest BCUT2D eigenvalue weighted by atomic mass is 35.5. The summed E-state index contributed by atoms with van der Waals surface area (Å²) in [5, 5.41) is 16.3. The van der Waals surface area contributed by atoms with Gasteiger partial charge in [-0.05, 0) is 37.1 Å². The third kappa shape index (κ3) is 4.82. The molecule has 0 radical (unpaired) electrons. The molecule has 1 atom stereocenters. The Morgan fingerprint density at radius 1 is 1.40 bits per heavy atom. The molecule has 3 aromatic rings. The molecule has 3 heterocycles. The predicted octanol–water partition coefficient (Wildman–Crippen LogP) is 3.38. The van der Waals surface area contributed by atoms with Crippen LogP contribution in [-0.2, 0) is 23.1 Å². The zero-order valence-electron chi connectivity index (χ0n) is 16.2. The summed E-state index contributed by atoms with van der Waals surface area (Å²) >= 11 is 7.03. The number of aromatic nitrogens is 5. The van der Waals surface area contributed by atoms with Crippen molar-refractivity contribution in [1.82, 2.24) is 24.5 Å². The summed E-state index contributed by atoms with van der Waals surface area (Å²) in [4.78, 5) is 12.4. The smallest absolute Gasteiger partial charge is 0.234 e. The molecule has 1 aliphatic heterocycles. The van der Waals surface area contributed by atoms with Crippen LogP contribution in [0.25, 0.3) is 11.5 Å². The number of nitrogens with one attached hydrogen (secondary N) is 1. The lowest BCUT2D eigenvalue weighted by Gasteiger charge is -2.14. The van der Waals surface area contributed by atoms with E-state index < -0.39 is 5.82 Å². The Morgan fingerprint density at radius 3 is 2.97 bits per heavy atom. The lowest BCUT2D eigenvalue weighted by molar-refractivity contribution is -0.113. The second-order valence-electron chi connectivity index (χ2n) is 6.89. The van der Waals surface area contributed by atoms with Crippen molar-refractivity contribution in [1.29, 1.82) is 0 Å². The number of thioether (sulfide) groups is 1. The normalized spacial score (nSPS) is 16.2. The first-order valence-corrected chi connectivity index (χ1v) is 10.8. The molecule has 0 bridgehead atoms. The molecule has 4 rings (SSSR count). The first kappa shape index (κ1) is 20.8. The van der Waals surface area contributed by atoms with Crippen LogP contribution in [0.4, 0.5) is 10.1 Å². The third-order valence-corrected chi connectivity index (χ3v) is 5.86. The van der Waals surface area contributed by atoms with E-state index in [4.69, 9.17) is 16.3 Å². The fourth-order valence-electron chi connectivity index (χ4n) is 3.18. The molecule has 1 aromatic carbocycles. The Balaban J connectivity index is 1.47. The fourth-order valence-corrected chi connectivity index (χ4v) is 4.11. The van der Waals surface area contributed by atoms with Gasteiger partial charge in [-0.15, -0.1) is 10.2 Å². The van der Waals surface area contributed by atoms with Crippen LogP contribution in [-0.4, -0.2) is 48.9 Å². The van der Waals surface area contributed by atoms with E-state index in [0.717, 1.165) is 19.4 Å². The Kier molecular flexibility index (Phi) is 6.35. The quantitative estimate of drug-likeness (QED) is 0.555. The van der Waals surface area contributed by atoms with Crippen molar-refractivity contribution >= 4 is 35.0 Å². The minimum absolute atomic E-state index is 0.0447. The maximum Gasteiger partial charge on any atom is 0.234 e. The number of hydrogen-bond donors (Lipinski definition) is 1. The highest BCUT2D eigenvalue weighted by molar-refractivity contribution is 7.99. The first-order chi connectivity index (χ1) is 14.5. The van der Waals surface area contributed by atoms with E-state index in [9.17, 15) is 9.18 Å². The van der Waals surface area contributed by atoms with Crippen molar-refractivity contribution in [2.75, 3.05) is 17.7 Å². The standard InChI is InChI=1S/C19H20ClFN6O2S/c1-26-7-6-16(25-26)18-23-24-19(27(18)10-13-3-2-8-29-13)30-11-17(28)22-12-4-5-15(21)14(20)9-12/h4-7,9,13H,2-3,8,10-11H2,1H3,(H,22,28). The molecule has 30 heavy (non-hydrogen) atoms. The molecule has 1 aliphatic rings. The summed E-state index contributed by atoms with van der Waals surface area (Å²) in [6.45, 7) is 1.34. The number of nitrogens with zero attached hydrogens (tertiary/aromatic N) is 5. The summed E-state index contributed by atoms with van der Waals surface area (Å²) in [7, 11) is 1.84. The van der Waals surface area contributed by atoms with Crippen LogP contribution in [0.15, 0.2) is 35.6 Å². The number of carbonyl (C=O) groups is 1. The van der Waals surface area contributed by atoms with Gasteiger partial charge in [0.05, 0.1) is 23.4 Å². The number of hydrogen-bond acceptors (Lipinski definition) is 6. The Bertz CT molecular complexity index is 1050. The SMILES string of the molecule is Cn1ccc(-c2nnc(SCC(=O)Nc3ccc(F)c(Cl)c3)n2CC2CCCO2)n1. The van der Waals surface area contributed by atoms with Gasteiger partial charge in [-0.1, -0.05) is 23.4 Å². The summed E-state index contributed by atoms with van der Waals surface area (Å²) < 4.78 is 22.7. The predicted molar refractivity (Wildman–Crippen MR) is 112 cm³/mol. The van der Waals surface area contributed by atoms with Crippen molar-refractivity contribution in [3.63, 3.8) is 0 Å². The maximum absolute atomic E-state index is 13.3. The topological polar surface area (TPSA) is 86.9 Å². The Morgan fingerprint density at radius 2 is 2.27 bits per heavy atom. The van der Waals surface area contributed by atoms with Gasteiger partial charge in [0.25, 0.3) is 0 Å². The number of carbonyl (C=O) groups excluding carboxylic acids is 1. The summed E-state index contributed by atoms with van der Waals surface area (Å²) in [5.41, 5.74) is 1.14. The van der Waals surface area contributed by atoms with E-state index in [-0.39, 0.29) is 22.8 Å². The molecule has 0 spiro atoms. The molecular weight excluding hydrogens is 431 g/mol. The molecule has 0 saturated carbocycles. The number of benzene rings is 1. The highest BCUT2D eigenvalue weighted by Crippen LogP contribution is 2.26. The van der Waals surface area contributed by atoms with E-state index >= 15 is 0 Å². The summed E-state index contributed by atoms with van der Waals surface area (Å²) in [6, 6.07) is 5.92. The van der Waals surface area contributed by atoms with Crippen LogP contribution in [0.2, 0.25) is 5.02 Å². The van der Waals surface area contributed by atoms with E-state index in [1.165, 1.54) is 30.0 Å². The zero-order chi connectivity index (χ0) is 21.1. The molecule has 1 unspecified atom stereocenters. The third-order valence-electron chi connectivity index (χ3n) is 4.61. The van der Waals surface area contributed by atoms with Crippen LogP contribution in [0.1, 0.15) is 12.8 Å². The Hall–Kier alpha value is -2.43. The van der Waals surface area contributed by atoms with Gasteiger partial charge in [0.1, 0.15) is 11.5 Å². The number of ether oxygens (including phenoxy) is 1. The molecule has 158 valence electrons. The van der Waals surface area contributed by atoms with Gasteiger partial charge in [0.15, 0.2) is 11.0 Å². The van der Waals surface area contributed by atoms with E-state index in [0.29, 0.717) is 28.9 Å². The molecule has 1 fully saturated rings.